The van der Waals surface area contributed by atoms with E-state index in [2.05, 4.69) is 5.32 Å². The molecule has 2 amide bonds. The van der Waals surface area contributed by atoms with Crippen LogP contribution in [0, 0.1) is 0 Å². The molecule has 0 heterocycles. The summed E-state index contributed by atoms with van der Waals surface area (Å²) >= 11 is 6.01. The molecule has 0 spiro atoms. The minimum Gasteiger partial charge on any atom is -0.355 e. The predicted octanol–water partition coefficient (Wildman–Crippen LogP) is 3.48. The molecular formula is C21H25ClN2O2. The maximum Gasteiger partial charge on any atom is 0.242 e. The van der Waals surface area contributed by atoms with Crippen LogP contribution in [0.2, 0.25) is 5.02 Å². The lowest BCUT2D eigenvalue weighted by atomic mass is 10.1. The van der Waals surface area contributed by atoms with Gasteiger partial charge in [-0.2, -0.15) is 0 Å². The molecule has 2 aromatic carbocycles. The fourth-order valence-corrected chi connectivity index (χ4v) is 3.03. The number of hydrogen-bond acceptors (Lipinski definition) is 2. The topological polar surface area (TPSA) is 49.4 Å². The van der Waals surface area contributed by atoms with E-state index in [1.54, 1.807) is 24.0 Å². The van der Waals surface area contributed by atoms with Crippen molar-refractivity contribution in [2.75, 3.05) is 13.1 Å². The maximum absolute atomic E-state index is 12.9. The van der Waals surface area contributed by atoms with Gasteiger partial charge in [0.15, 0.2) is 0 Å². The highest BCUT2D eigenvalue weighted by atomic mass is 35.5. The van der Waals surface area contributed by atoms with Gasteiger partial charge in [-0.05, 0) is 43.5 Å². The fraction of sp³-hybridized carbons (Fsp3) is 0.333. The van der Waals surface area contributed by atoms with Crippen molar-refractivity contribution < 1.29 is 9.59 Å². The molecular weight excluding hydrogens is 348 g/mol. The normalized spacial score (nSPS) is 11.7. The lowest BCUT2D eigenvalue weighted by Crippen LogP contribution is -2.49. The highest BCUT2D eigenvalue weighted by Crippen LogP contribution is 2.14. The van der Waals surface area contributed by atoms with Crippen LogP contribution in [0.5, 0.6) is 0 Å². The Morgan fingerprint density at radius 1 is 1.08 bits per heavy atom. The third-order valence-corrected chi connectivity index (χ3v) is 4.48. The molecule has 4 nitrogen and oxygen atoms in total. The minimum absolute atomic E-state index is 0.0815. The lowest BCUT2D eigenvalue weighted by molar-refractivity contribution is -0.139. The SMILES string of the molecule is CCNC(=O)[C@H](C)N(CCc1ccccc1)C(=O)Cc1cccc(Cl)c1. The molecule has 0 fully saturated rings. The second-order valence-corrected chi connectivity index (χ2v) is 6.64. The molecule has 138 valence electrons. The van der Waals surface area contributed by atoms with Crippen LogP contribution >= 0.6 is 11.6 Å². The number of amides is 2. The summed E-state index contributed by atoms with van der Waals surface area (Å²) in [6, 6.07) is 16.7. The number of carbonyl (C=O) groups is 2. The molecule has 2 rings (SSSR count). The van der Waals surface area contributed by atoms with Gasteiger partial charge < -0.3 is 10.2 Å². The third kappa shape index (κ3) is 5.88. The monoisotopic (exact) mass is 372 g/mol. The standard InChI is InChI=1S/C21H25ClN2O2/c1-3-23-21(26)16(2)24(13-12-17-8-5-4-6-9-17)20(25)15-18-10-7-11-19(22)14-18/h4-11,14,16H,3,12-13,15H2,1-2H3,(H,23,26)/t16-/m0/s1. The van der Waals surface area contributed by atoms with Crippen molar-refractivity contribution in [2.24, 2.45) is 0 Å². The number of nitrogens with zero attached hydrogens (tertiary/aromatic N) is 1. The van der Waals surface area contributed by atoms with E-state index in [0.29, 0.717) is 24.5 Å². The summed E-state index contributed by atoms with van der Waals surface area (Å²) in [4.78, 5) is 26.8. The molecule has 26 heavy (non-hydrogen) atoms. The van der Waals surface area contributed by atoms with Crippen LogP contribution in [0.4, 0.5) is 0 Å². The van der Waals surface area contributed by atoms with Crippen LogP contribution in [-0.2, 0) is 22.4 Å². The summed E-state index contributed by atoms with van der Waals surface area (Å²) in [5.41, 5.74) is 1.98. The van der Waals surface area contributed by atoms with Gasteiger partial charge in [-0.1, -0.05) is 54.1 Å². The van der Waals surface area contributed by atoms with Gasteiger partial charge in [-0.15, -0.1) is 0 Å². The zero-order valence-corrected chi connectivity index (χ0v) is 16.0. The molecule has 1 atom stereocenters. The number of halogens is 1. The number of carbonyl (C=O) groups excluding carboxylic acids is 2. The maximum atomic E-state index is 12.9. The van der Waals surface area contributed by atoms with Crippen molar-refractivity contribution in [3.8, 4) is 0 Å². The first kappa shape index (κ1) is 20.0. The van der Waals surface area contributed by atoms with E-state index < -0.39 is 6.04 Å². The average molecular weight is 373 g/mol. The van der Waals surface area contributed by atoms with Gasteiger partial charge in [-0.25, -0.2) is 0 Å². The van der Waals surface area contributed by atoms with Gasteiger partial charge in [-0.3, -0.25) is 9.59 Å². The van der Waals surface area contributed by atoms with Gasteiger partial charge in [0, 0.05) is 18.1 Å². The van der Waals surface area contributed by atoms with Crippen molar-refractivity contribution >= 4 is 23.4 Å². The van der Waals surface area contributed by atoms with Gasteiger partial charge >= 0.3 is 0 Å². The molecule has 0 unspecified atom stereocenters. The summed E-state index contributed by atoms with van der Waals surface area (Å²) < 4.78 is 0. The Kier molecular flexibility index (Phi) is 7.67. The summed E-state index contributed by atoms with van der Waals surface area (Å²) in [6.45, 7) is 4.67. The second-order valence-electron chi connectivity index (χ2n) is 6.20. The Balaban J connectivity index is 2.12. The summed E-state index contributed by atoms with van der Waals surface area (Å²) in [7, 11) is 0. The Morgan fingerprint density at radius 2 is 1.77 bits per heavy atom. The molecule has 2 aromatic rings. The number of rotatable bonds is 8. The Labute approximate surface area is 160 Å². The highest BCUT2D eigenvalue weighted by molar-refractivity contribution is 6.30. The van der Waals surface area contributed by atoms with E-state index in [1.165, 1.54) is 0 Å². The highest BCUT2D eigenvalue weighted by Gasteiger charge is 2.25. The number of hydrogen-bond donors (Lipinski definition) is 1. The first-order valence-electron chi connectivity index (χ1n) is 8.86. The first-order valence-corrected chi connectivity index (χ1v) is 9.24. The number of benzene rings is 2. The van der Waals surface area contributed by atoms with Gasteiger partial charge in [0.05, 0.1) is 6.42 Å². The molecule has 5 heteroatoms. The van der Waals surface area contributed by atoms with E-state index in [-0.39, 0.29) is 18.2 Å². The molecule has 0 aliphatic carbocycles. The third-order valence-electron chi connectivity index (χ3n) is 4.25. The van der Waals surface area contributed by atoms with Crippen molar-refractivity contribution in [1.29, 1.82) is 0 Å². The smallest absolute Gasteiger partial charge is 0.242 e. The molecule has 0 bridgehead atoms. The molecule has 0 radical (unpaired) electrons. The molecule has 1 N–H and O–H groups in total. The summed E-state index contributed by atoms with van der Waals surface area (Å²) in [6.07, 6.45) is 0.922. The van der Waals surface area contributed by atoms with E-state index in [4.69, 9.17) is 11.6 Å². The summed E-state index contributed by atoms with van der Waals surface area (Å²) in [5, 5.41) is 3.40. The van der Waals surface area contributed by atoms with Crippen LogP contribution in [0.15, 0.2) is 54.6 Å². The Hall–Kier alpha value is -2.33. The molecule has 0 aliphatic rings. The van der Waals surface area contributed by atoms with Crippen LogP contribution < -0.4 is 5.32 Å². The fourth-order valence-electron chi connectivity index (χ4n) is 2.82. The van der Waals surface area contributed by atoms with E-state index in [1.807, 2.05) is 49.4 Å². The van der Waals surface area contributed by atoms with Crippen LogP contribution in [-0.4, -0.2) is 35.8 Å². The largest absolute Gasteiger partial charge is 0.355 e. The minimum atomic E-state index is -0.523. The number of likely N-dealkylation sites (N-methyl/N-ethyl adjacent to an activating group) is 1. The van der Waals surface area contributed by atoms with Crippen LogP contribution in [0.25, 0.3) is 0 Å². The average Bonchev–Trinajstić information content (AvgIpc) is 2.62. The van der Waals surface area contributed by atoms with Gasteiger partial charge in [0.2, 0.25) is 11.8 Å². The van der Waals surface area contributed by atoms with Gasteiger partial charge in [0.1, 0.15) is 6.04 Å². The molecule has 0 aromatic heterocycles. The molecule has 0 saturated heterocycles. The van der Waals surface area contributed by atoms with Crippen molar-refractivity contribution in [2.45, 2.75) is 32.7 Å². The van der Waals surface area contributed by atoms with Crippen LogP contribution in [0.3, 0.4) is 0 Å². The summed E-state index contributed by atoms with van der Waals surface area (Å²) in [5.74, 6) is -0.220. The predicted molar refractivity (Wildman–Crippen MR) is 105 cm³/mol. The van der Waals surface area contributed by atoms with E-state index >= 15 is 0 Å². The van der Waals surface area contributed by atoms with Crippen molar-refractivity contribution in [1.82, 2.24) is 10.2 Å². The Morgan fingerprint density at radius 3 is 2.42 bits per heavy atom. The quantitative estimate of drug-likeness (QED) is 0.771. The zero-order valence-electron chi connectivity index (χ0n) is 15.2. The lowest BCUT2D eigenvalue weighted by Gasteiger charge is -2.28. The Bertz CT molecular complexity index is 734. The van der Waals surface area contributed by atoms with Gasteiger partial charge in [0.25, 0.3) is 0 Å². The van der Waals surface area contributed by atoms with Crippen molar-refractivity contribution in [3.05, 3.63) is 70.7 Å². The van der Waals surface area contributed by atoms with Crippen LogP contribution in [0.1, 0.15) is 25.0 Å². The first-order chi connectivity index (χ1) is 12.5. The van der Waals surface area contributed by atoms with Crippen molar-refractivity contribution in [3.63, 3.8) is 0 Å². The second kappa shape index (κ2) is 9.97. The van der Waals surface area contributed by atoms with E-state index in [9.17, 15) is 9.59 Å². The number of nitrogens with one attached hydrogen (secondary N) is 1. The molecule has 0 aliphatic heterocycles. The van der Waals surface area contributed by atoms with E-state index in [0.717, 1.165) is 11.1 Å². The molecule has 0 saturated carbocycles. The zero-order chi connectivity index (χ0) is 18.9.